The van der Waals surface area contributed by atoms with Crippen molar-refractivity contribution in [2.45, 2.75) is 83.0 Å². The monoisotopic (exact) mass is 837 g/mol. The Morgan fingerprint density at radius 3 is 2.09 bits per heavy atom. The van der Waals surface area contributed by atoms with E-state index in [4.69, 9.17) is 4.42 Å². The van der Waals surface area contributed by atoms with E-state index in [9.17, 15) is 0 Å². The minimum atomic E-state index is -0.372. The average molecular weight is 838 g/mol. The Morgan fingerprint density at radius 2 is 1.23 bits per heavy atom. The third-order valence-electron chi connectivity index (χ3n) is 16.7. The second-order valence-corrected chi connectivity index (χ2v) is 21.5. The maximum Gasteiger partial charge on any atom is 0.197 e. The van der Waals surface area contributed by atoms with E-state index in [2.05, 4.69) is 205 Å². The van der Waals surface area contributed by atoms with E-state index in [1.165, 1.54) is 90.0 Å². The smallest absolute Gasteiger partial charge is 0.197 e. The first-order chi connectivity index (χ1) is 31.4. The predicted molar refractivity (Wildman–Crippen MR) is 272 cm³/mol. The molecule has 4 heteroatoms. The molecule has 2 aliphatic carbocycles. The van der Waals surface area contributed by atoms with Gasteiger partial charge in [-0.2, -0.15) is 0 Å². The highest BCUT2D eigenvalue weighted by atomic mass is 16.3. The first-order valence-corrected chi connectivity index (χ1v) is 23.6. The molecule has 5 aliphatic rings. The lowest BCUT2D eigenvalue weighted by Crippen LogP contribution is -2.51. The molecule has 1 unspecified atom stereocenters. The van der Waals surface area contributed by atoms with E-state index in [-0.39, 0.29) is 21.7 Å². The number of benzene rings is 8. The van der Waals surface area contributed by atoms with Crippen LogP contribution in [0.5, 0.6) is 0 Å². The molecule has 8 aromatic carbocycles. The Morgan fingerprint density at radius 1 is 0.492 bits per heavy atom. The molecular weight excluding hydrogens is 787 g/mol. The van der Waals surface area contributed by atoms with Gasteiger partial charge in [-0.15, -0.1) is 0 Å². The molecule has 0 bridgehead atoms. The highest BCUT2D eigenvalue weighted by Gasteiger charge is 2.58. The summed E-state index contributed by atoms with van der Waals surface area (Å²) >= 11 is 0. The molecule has 313 valence electrons. The molecule has 1 aromatic heterocycles. The number of furan rings is 1. The summed E-state index contributed by atoms with van der Waals surface area (Å²) < 4.78 is 6.63. The van der Waals surface area contributed by atoms with Gasteiger partial charge in [0.15, 0.2) is 12.9 Å². The third-order valence-corrected chi connectivity index (χ3v) is 16.7. The molecule has 0 spiro atoms. The molecule has 4 heterocycles. The van der Waals surface area contributed by atoms with Gasteiger partial charge in [-0.1, -0.05) is 162 Å². The molecule has 65 heavy (non-hydrogen) atoms. The lowest BCUT2D eigenvalue weighted by Gasteiger charge is -2.56. The lowest BCUT2D eigenvalue weighted by molar-refractivity contribution is 0.326. The number of para-hydroxylation sites is 3. The molecule has 14 rings (SSSR count). The van der Waals surface area contributed by atoms with E-state index >= 15 is 0 Å². The van der Waals surface area contributed by atoms with Crippen LogP contribution in [0, 0.1) is 0 Å². The van der Waals surface area contributed by atoms with Crippen LogP contribution in [0.4, 0.5) is 28.4 Å². The van der Waals surface area contributed by atoms with Crippen molar-refractivity contribution >= 4 is 68.6 Å². The first kappa shape index (κ1) is 37.6. The van der Waals surface area contributed by atoms with Gasteiger partial charge in [-0.05, 0) is 133 Å². The quantitative estimate of drug-likeness (QED) is 0.179. The normalized spacial score (nSPS) is 19.1. The highest BCUT2D eigenvalue weighted by molar-refractivity contribution is 6.73. The molecule has 1 atom stereocenters. The zero-order valence-corrected chi connectivity index (χ0v) is 38.2. The molecular formula is C61H50BN2O. The van der Waals surface area contributed by atoms with E-state index in [0.29, 0.717) is 0 Å². The van der Waals surface area contributed by atoms with Gasteiger partial charge in [-0.3, -0.25) is 0 Å². The van der Waals surface area contributed by atoms with Gasteiger partial charge in [0.05, 0.1) is 11.4 Å². The van der Waals surface area contributed by atoms with Gasteiger partial charge in [0, 0.05) is 44.2 Å². The van der Waals surface area contributed by atoms with Crippen LogP contribution in [0.25, 0.3) is 55.3 Å². The third kappa shape index (κ3) is 4.67. The van der Waals surface area contributed by atoms with E-state index < -0.39 is 0 Å². The molecule has 0 saturated heterocycles. The van der Waals surface area contributed by atoms with Crippen molar-refractivity contribution in [1.82, 2.24) is 0 Å². The fraction of sp³-hybridized carbons (Fsp3) is 0.213. The van der Waals surface area contributed by atoms with Crippen LogP contribution in [-0.4, -0.2) is 7.28 Å². The Bertz CT molecular complexity index is 3610. The minimum Gasteiger partial charge on any atom is -0.454 e. The molecule has 1 radical (unpaired) electrons. The number of rotatable bonds is 4. The Kier molecular flexibility index (Phi) is 7.12. The van der Waals surface area contributed by atoms with Crippen molar-refractivity contribution in [3.05, 3.63) is 185 Å². The summed E-state index contributed by atoms with van der Waals surface area (Å²) in [7, 11) is 2.53. The van der Waals surface area contributed by atoms with Crippen LogP contribution >= 0.6 is 0 Å². The molecule has 3 nitrogen and oxygen atoms in total. The van der Waals surface area contributed by atoms with Crippen molar-refractivity contribution in [2.24, 2.45) is 0 Å². The van der Waals surface area contributed by atoms with Crippen molar-refractivity contribution < 1.29 is 4.42 Å². The number of hydrogen-bond acceptors (Lipinski definition) is 3. The SMILES string of the molecule is CC1(C)CCC(C)(C)c2c1cc1c3c2C2(C)c4ccccc4-c4cc(-c5cc(-c6ccccc6)ccc5Nc5cccc6c5oc5ccccc56)c5c(c42)N3c2c(cccc2C1(C)C)[B]5. The van der Waals surface area contributed by atoms with E-state index in [0.717, 1.165) is 45.3 Å². The number of nitrogens with one attached hydrogen (secondary N) is 1. The molecule has 1 N–H and O–H groups in total. The minimum absolute atomic E-state index is 0.00317. The van der Waals surface area contributed by atoms with Crippen LogP contribution < -0.4 is 21.1 Å². The van der Waals surface area contributed by atoms with Gasteiger partial charge >= 0.3 is 0 Å². The molecule has 3 aliphatic heterocycles. The number of fused-ring (bicyclic) bond motifs is 9. The van der Waals surface area contributed by atoms with Crippen LogP contribution in [0.3, 0.4) is 0 Å². The average Bonchev–Trinajstić information content (AvgIpc) is 3.83. The van der Waals surface area contributed by atoms with E-state index in [1.54, 1.807) is 11.1 Å². The summed E-state index contributed by atoms with van der Waals surface area (Å²) in [5.74, 6) is 0. The number of hydrogen-bond donors (Lipinski definition) is 1. The topological polar surface area (TPSA) is 28.4 Å². The molecule has 0 fully saturated rings. The summed E-state index contributed by atoms with van der Waals surface area (Å²) in [4.78, 5) is 2.77. The Balaban J connectivity index is 1.11. The molecule has 9 aromatic rings. The lowest BCUT2D eigenvalue weighted by atomic mass is 9.50. The van der Waals surface area contributed by atoms with Gasteiger partial charge in [-0.25, -0.2) is 0 Å². The zero-order valence-electron chi connectivity index (χ0n) is 38.2. The van der Waals surface area contributed by atoms with Crippen LogP contribution in [0.15, 0.2) is 150 Å². The maximum atomic E-state index is 6.63. The fourth-order valence-corrected chi connectivity index (χ4v) is 13.3. The van der Waals surface area contributed by atoms with Crippen LogP contribution in [-0.2, 0) is 21.7 Å². The molecule has 0 saturated carbocycles. The van der Waals surface area contributed by atoms with Crippen molar-refractivity contribution in [2.75, 3.05) is 10.2 Å². The summed E-state index contributed by atoms with van der Waals surface area (Å²) in [6.07, 6.45) is 2.34. The van der Waals surface area contributed by atoms with Crippen LogP contribution in [0.1, 0.15) is 100 Å². The predicted octanol–water partition coefficient (Wildman–Crippen LogP) is 14.7. The summed E-state index contributed by atoms with van der Waals surface area (Å²) in [5, 5.41) is 6.22. The van der Waals surface area contributed by atoms with Crippen LogP contribution in [0.2, 0.25) is 0 Å². The zero-order chi connectivity index (χ0) is 43.9. The fourth-order valence-electron chi connectivity index (χ4n) is 13.3. The number of nitrogens with zero attached hydrogens (tertiary/aromatic N) is 1. The Labute approximate surface area is 382 Å². The van der Waals surface area contributed by atoms with Gasteiger partial charge in [0.1, 0.15) is 5.58 Å². The largest absolute Gasteiger partial charge is 0.454 e. The van der Waals surface area contributed by atoms with E-state index in [1.807, 2.05) is 6.07 Å². The second-order valence-electron chi connectivity index (χ2n) is 21.5. The van der Waals surface area contributed by atoms with Crippen molar-refractivity contribution in [1.29, 1.82) is 0 Å². The second kappa shape index (κ2) is 12.3. The maximum absolute atomic E-state index is 6.63. The number of anilines is 5. The Hall–Kier alpha value is -6.78. The first-order valence-electron chi connectivity index (χ1n) is 23.6. The summed E-state index contributed by atoms with van der Waals surface area (Å²) in [6, 6.07) is 54.3. The van der Waals surface area contributed by atoms with Crippen molar-refractivity contribution in [3.8, 4) is 33.4 Å². The van der Waals surface area contributed by atoms with Gasteiger partial charge in [0.2, 0.25) is 0 Å². The summed E-state index contributed by atoms with van der Waals surface area (Å²) in [6.45, 7) is 17.6. The van der Waals surface area contributed by atoms with Gasteiger partial charge in [0.25, 0.3) is 0 Å². The summed E-state index contributed by atoms with van der Waals surface area (Å²) in [5.41, 5.74) is 27.7. The highest BCUT2D eigenvalue weighted by Crippen LogP contribution is 2.69. The van der Waals surface area contributed by atoms with Gasteiger partial charge < -0.3 is 14.6 Å². The molecule has 0 amide bonds. The standard InChI is InChI=1S/C61H50BN2O/c1-58(2)29-30-59(3,4)51-44(58)33-45-55-52(51)61(7)42-22-13-11-19-36(42)40-32-41(53-56(50(40)61)64(55)54-43(60(45,5)6)23-16-24-46(54)62-53)39-31-35(34-17-9-8-10-18-34)27-28-47(39)63-48-25-15-21-38-37-20-12-14-26-49(37)65-57(38)48/h8-28,31-33,63H,29-30H2,1-7H3. The van der Waals surface area contributed by atoms with Crippen molar-refractivity contribution in [3.63, 3.8) is 0 Å².